The molecule has 32 heavy (non-hydrogen) atoms. The fraction of sp³-hybridized carbons (Fsp3) is 0.391. The molecule has 1 heterocycles. The maximum absolute atomic E-state index is 12.7. The van der Waals surface area contributed by atoms with E-state index in [9.17, 15) is 18.4 Å². The highest BCUT2D eigenvalue weighted by atomic mass is 19.3. The summed E-state index contributed by atoms with van der Waals surface area (Å²) < 4.78 is 35.1. The van der Waals surface area contributed by atoms with Crippen molar-refractivity contribution in [2.45, 2.75) is 45.8 Å². The zero-order valence-corrected chi connectivity index (χ0v) is 18.0. The summed E-state index contributed by atoms with van der Waals surface area (Å²) in [6.07, 6.45) is -0.00262. The van der Waals surface area contributed by atoms with Crippen molar-refractivity contribution in [2.24, 2.45) is 0 Å². The minimum Gasteiger partial charge on any atom is -0.434 e. The summed E-state index contributed by atoms with van der Waals surface area (Å²) >= 11 is 0. The Hall–Kier alpha value is -3.20. The molecule has 9 heteroatoms. The molecular weight excluding hydrogens is 420 g/mol. The van der Waals surface area contributed by atoms with Gasteiger partial charge in [-0.05, 0) is 37.6 Å². The molecule has 0 radical (unpaired) electrons. The van der Waals surface area contributed by atoms with Gasteiger partial charge in [-0.2, -0.15) is 8.78 Å². The van der Waals surface area contributed by atoms with Gasteiger partial charge in [-0.1, -0.05) is 30.3 Å². The molecule has 0 aliphatic carbocycles. The molecule has 0 saturated carbocycles. The van der Waals surface area contributed by atoms with Gasteiger partial charge in [-0.3, -0.25) is 4.79 Å². The summed E-state index contributed by atoms with van der Waals surface area (Å²) in [6, 6.07) is 12.9. The van der Waals surface area contributed by atoms with Crippen LogP contribution in [-0.4, -0.2) is 48.7 Å². The Balaban J connectivity index is 1.48. The monoisotopic (exact) mass is 447 g/mol. The number of rotatable bonds is 7. The number of nitrogens with zero attached hydrogens (tertiary/aromatic N) is 1. The zero-order valence-electron chi connectivity index (χ0n) is 18.0. The number of morpholine rings is 1. The van der Waals surface area contributed by atoms with Crippen LogP contribution in [0, 0.1) is 0 Å². The fourth-order valence-electron chi connectivity index (χ4n) is 3.57. The topological polar surface area (TPSA) is 79.9 Å². The molecule has 172 valence electrons. The number of halogens is 2. The normalized spacial score (nSPS) is 18.3. The number of hydrogen-bond donors (Lipinski definition) is 2. The highest BCUT2D eigenvalue weighted by Crippen LogP contribution is 2.20. The lowest BCUT2D eigenvalue weighted by Crippen LogP contribution is -2.48. The van der Waals surface area contributed by atoms with Gasteiger partial charge < -0.3 is 25.0 Å². The van der Waals surface area contributed by atoms with E-state index in [0.29, 0.717) is 24.2 Å². The second kappa shape index (κ2) is 10.9. The van der Waals surface area contributed by atoms with Crippen LogP contribution in [0.4, 0.5) is 13.6 Å². The number of carbonyl (C=O) groups is 2. The molecule has 2 aromatic carbocycles. The minimum atomic E-state index is -2.94. The molecule has 1 aliphatic heterocycles. The van der Waals surface area contributed by atoms with Crippen molar-refractivity contribution in [2.75, 3.05) is 13.1 Å². The number of ether oxygens (including phenoxy) is 2. The highest BCUT2D eigenvalue weighted by molar-refractivity contribution is 5.94. The number of nitrogens with one attached hydrogen (secondary N) is 2. The van der Waals surface area contributed by atoms with Gasteiger partial charge in [-0.25, -0.2) is 4.79 Å². The maximum atomic E-state index is 12.7. The standard InChI is InChI=1S/C23H27F2N3O4/c1-15-13-28(14-16(2)31-15)21(29)18-9-7-17(8-10-18)11-26-23(30)27-12-19-5-3-4-6-20(19)32-22(24)25/h3-10,15-16,22H,11-14H2,1-2H3,(H2,26,27,30). The second-order valence-corrected chi connectivity index (χ2v) is 7.69. The van der Waals surface area contributed by atoms with E-state index in [4.69, 9.17) is 4.74 Å². The van der Waals surface area contributed by atoms with Crippen LogP contribution >= 0.6 is 0 Å². The van der Waals surface area contributed by atoms with Crippen LogP contribution in [0.1, 0.15) is 35.3 Å². The van der Waals surface area contributed by atoms with E-state index in [1.807, 2.05) is 13.8 Å². The Morgan fingerprint density at radius 2 is 1.66 bits per heavy atom. The number of hydrogen-bond acceptors (Lipinski definition) is 4. The second-order valence-electron chi connectivity index (χ2n) is 7.69. The molecule has 2 aromatic rings. The molecule has 2 atom stereocenters. The minimum absolute atomic E-state index is 0.00131. The largest absolute Gasteiger partial charge is 0.434 e. The first kappa shape index (κ1) is 23.5. The molecule has 0 spiro atoms. The summed E-state index contributed by atoms with van der Waals surface area (Å²) in [6.45, 7) is 2.35. The van der Waals surface area contributed by atoms with E-state index < -0.39 is 12.6 Å². The first-order valence-electron chi connectivity index (χ1n) is 10.4. The number of amides is 3. The summed E-state index contributed by atoms with van der Waals surface area (Å²) in [4.78, 5) is 26.6. The molecule has 2 unspecified atom stereocenters. The van der Waals surface area contributed by atoms with E-state index in [1.165, 1.54) is 6.07 Å². The van der Waals surface area contributed by atoms with E-state index in [0.717, 1.165) is 5.56 Å². The Bertz CT molecular complexity index is 914. The number of carbonyl (C=O) groups excluding carboxylic acids is 2. The van der Waals surface area contributed by atoms with Crippen molar-refractivity contribution in [3.63, 3.8) is 0 Å². The van der Waals surface area contributed by atoms with Crippen molar-refractivity contribution < 1.29 is 27.8 Å². The van der Waals surface area contributed by atoms with Gasteiger partial charge in [0.15, 0.2) is 0 Å². The van der Waals surface area contributed by atoms with E-state index in [-0.39, 0.29) is 37.0 Å². The van der Waals surface area contributed by atoms with Crippen molar-refractivity contribution in [3.8, 4) is 5.75 Å². The average molecular weight is 447 g/mol. The van der Waals surface area contributed by atoms with Gasteiger partial charge in [0.2, 0.25) is 0 Å². The molecule has 1 fully saturated rings. The van der Waals surface area contributed by atoms with E-state index in [1.54, 1.807) is 47.4 Å². The van der Waals surface area contributed by atoms with Crippen LogP contribution in [0.25, 0.3) is 0 Å². The van der Waals surface area contributed by atoms with Gasteiger partial charge in [0.05, 0.1) is 12.2 Å². The van der Waals surface area contributed by atoms with Crippen molar-refractivity contribution in [1.29, 1.82) is 0 Å². The third kappa shape index (κ3) is 6.65. The predicted octanol–water partition coefficient (Wildman–Crippen LogP) is 3.54. The summed E-state index contributed by atoms with van der Waals surface area (Å²) in [5.41, 5.74) is 1.84. The molecule has 1 aliphatic rings. The molecular formula is C23H27F2N3O4. The Morgan fingerprint density at radius 1 is 1.03 bits per heavy atom. The summed E-state index contributed by atoms with van der Waals surface area (Å²) in [5, 5.41) is 5.32. The van der Waals surface area contributed by atoms with Gasteiger partial charge in [0.25, 0.3) is 5.91 Å². The molecule has 0 aromatic heterocycles. The van der Waals surface area contributed by atoms with Gasteiger partial charge in [0.1, 0.15) is 5.75 Å². The van der Waals surface area contributed by atoms with Crippen molar-refractivity contribution in [1.82, 2.24) is 15.5 Å². The highest BCUT2D eigenvalue weighted by Gasteiger charge is 2.26. The lowest BCUT2D eigenvalue weighted by molar-refractivity contribution is -0.0586. The summed E-state index contributed by atoms with van der Waals surface area (Å²) in [5.74, 6) is -0.0268. The van der Waals surface area contributed by atoms with Crippen LogP contribution < -0.4 is 15.4 Å². The maximum Gasteiger partial charge on any atom is 0.387 e. The Morgan fingerprint density at radius 3 is 2.31 bits per heavy atom. The number of urea groups is 1. The van der Waals surface area contributed by atoms with Crippen LogP contribution in [0.5, 0.6) is 5.75 Å². The molecule has 1 saturated heterocycles. The van der Waals surface area contributed by atoms with Crippen LogP contribution in [0.15, 0.2) is 48.5 Å². The van der Waals surface area contributed by atoms with Gasteiger partial charge in [0, 0.05) is 37.3 Å². The molecule has 3 rings (SSSR count). The number of para-hydroxylation sites is 1. The lowest BCUT2D eigenvalue weighted by atomic mass is 10.1. The van der Waals surface area contributed by atoms with Crippen molar-refractivity contribution in [3.05, 3.63) is 65.2 Å². The fourth-order valence-corrected chi connectivity index (χ4v) is 3.57. The molecule has 0 bridgehead atoms. The first-order valence-corrected chi connectivity index (χ1v) is 10.4. The first-order chi connectivity index (χ1) is 15.3. The van der Waals surface area contributed by atoms with Gasteiger partial charge >= 0.3 is 12.6 Å². The van der Waals surface area contributed by atoms with Gasteiger partial charge in [-0.15, -0.1) is 0 Å². The third-order valence-electron chi connectivity index (χ3n) is 4.99. The van der Waals surface area contributed by atoms with E-state index in [2.05, 4.69) is 15.4 Å². The average Bonchev–Trinajstić information content (AvgIpc) is 2.76. The third-order valence-corrected chi connectivity index (χ3v) is 4.99. The van der Waals surface area contributed by atoms with Crippen molar-refractivity contribution >= 4 is 11.9 Å². The van der Waals surface area contributed by atoms with Crippen LogP contribution in [-0.2, 0) is 17.8 Å². The predicted molar refractivity (Wildman–Crippen MR) is 115 cm³/mol. The Labute approximate surface area is 185 Å². The van der Waals surface area contributed by atoms with E-state index >= 15 is 0 Å². The van der Waals surface area contributed by atoms with Crippen LogP contribution in [0.3, 0.4) is 0 Å². The quantitative estimate of drug-likeness (QED) is 0.681. The lowest BCUT2D eigenvalue weighted by Gasteiger charge is -2.35. The zero-order chi connectivity index (χ0) is 23.1. The molecule has 2 N–H and O–H groups in total. The number of alkyl halides is 2. The SMILES string of the molecule is CC1CN(C(=O)c2ccc(CNC(=O)NCc3ccccc3OC(F)F)cc2)CC(C)O1. The molecule has 7 nitrogen and oxygen atoms in total. The molecule has 3 amide bonds. The Kier molecular flexibility index (Phi) is 7.99. The number of benzene rings is 2. The summed E-state index contributed by atoms with van der Waals surface area (Å²) in [7, 11) is 0. The van der Waals surface area contributed by atoms with Crippen LogP contribution in [0.2, 0.25) is 0 Å². The smallest absolute Gasteiger partial charge is 0.387 e.